The van der Waals surface area contributed by atoms with E-state index < -0.39 is 0 Å². The van der Waals surface area contributed by atoms with Gasteiger partial charge in [0.1, 0.15) is 5.75 Å². The third kappa shape index (κ3) is 2.31. The summed E-state index contributed by atoms with van der Waals surface area (Å²) in [5, 5.41) is 11.0. The summed E-state index contributed by atoms with van der Waals surface area (Å²) in [6.07, 6.45) is 1.26. The molecule has 0 saturated carbocycles. The SMILES string of the molecule is Cc1ccc(-c2cc3c(c(-c4ccccc4)c2O)C(=O)CC3)cc1. The zero-order chi connectivity index (χ0) is 16.7. The molecule has 1 aliphatic rings. The van der Waals surface area contributed by atoms with Crippen molar-refractivity contribution in [3.05, 3.63) is 77.4 Å². The van der Waals surface area contributed by atoms with Gasteiger partial charge in [-0.1, -0.05) is 60.2 Å². The predicted octanol–water partition coefficient (Wildman–Crippen LogP) is 5.16. The number of ketones is 1. The lowest BCUT2D eigenvalue weighted by atomic mass is 9.90. The highest BCUT2D eigenvalue weighted by atomic mass is 16.3. The highest BCUT2D eigenvalue weighted by Crippen LogP contribution is 2.45. The maximum Gasteiger partial charge on any atom is 0.164 e. The van der Waals surface area contributed by atoms with Gasteiger partial charge in [0.15, 0.2) is 5.78 Å². The van der Waals surface area contributed by atoms with Crippen molar-refractivity contribution in [2.45, 2.75) is 19.8 Å². The Bertz CT molecular complexity index is 922. The average molecular weight is 314 g/mol. The number of phenols is 1. The van der Waals surface area contributed by atoms with E-state index in [-0.39, 0.29) is 11.5 Å². The molecule has 1 aliphatic carbocycles. The molecule has 3 aromatic rings. The molecule has 0 amide bonds. The van der Waals surface area contributed by atoms with Crippen LogP contribution in [-0.2, 0) is 6.42 Å². The van der Waals surface area contributed by atoms with E-state index in [1.54, 1.807) is 0 Å². The number of phenolic OH excluding ortho intramolecular Hbond substituents is 1. The van der Waals surface area contributed by atoms with E-state index >= 15 is 0 Å². The number of rotatable bonds is 2. The minimum Gasteiger partial charge on any atom is -0.507 e. The molecule has 0 saturated heterocycles. The molecule has 4 rings (SSSR count). The first-order chi connectivity index (χ1) is 11.6. The number of hydrogen-bond donors (Lipinski definition) is 1. The smallest absolute Gasteiger partial charge is 0.164 e. The number of Topliss-reactive ketones (excluding diaryl/α,β-unsaturated/α-hetero) is 1. The fourth-order valence-corrected chi connectivity index (χ4v) is 3.46. The van der Waals surface area contributed by atoms with Crippen molar-refractivity contribution in [2.24, 2.45) is 0 Å². The van der Waals surface area contributed by atoms with Crippen LogP contribution in [0.15, 0.2) is 60.7 Å². The first-order valence-corrected chi connectivity index (χ1v) is 8.19. The molecule has 2 nitrogen and oxygen atoms in total. The number of fused-ring (bicyclic) bond motifs is 1. The second-order valence-corrected chi connectivity index (χ2v) is 6.34. The summed E-state index contributed by atoms with van der Waals surface area (Å²) < 4.78 is 0. The Morgan fingerprint density at radius 3 is 2.25 bits per heavy atom. The van der Waals surface area contributed by atoms with Crippen molar-refractivity contribution in [1.82, 2.24) is 0 Å². The van der Waals surface area contributed by atoms with E-state index in [0.29, 0.717) is 17.5 Å². The van der Waals surface area contributed by atoms with E-state index in [0.717, 1.165) is 28.7 Å². The number of aryl methyl sites for hydroxylation is 2. The van der Waals surface area contributed by atoms with Crippen molar-refractivity contribution in [3.8, 4) is 28.0 Å². The van der Waals surface area contributed by atoms with Gasteiger partial charge < -0.3 is 5.11 Å². The second kappa shape index (κ2) is 5.64. The van der Waals surface area contributed by atoms with Crippen molar-refractivity contribution in [1.29, 1.82) is 0 Å². The van der Waals surface area contributed by atoms with Crippen LogP contribution in [0.2, 0.25) is 0 Å². The quantitative estimate of drug-likeness (QED) is 0.709. The van der Waals surface area contributed by atoms with E-state index in [4.69, 9.17) is 0 Å². The molecule has 0 atom stereocenters. The van der Waals surface area contributed by atoms with Gasteiger partial charge in [-0.05, 0) is 36.1 Å². The minimum absolute atomic E-state index is 0.120. The topological polar surface area (TPSA) is 37.3 Å². The maximum absolute atomic E-state index is 12.4. The van der Waals surface area contributed by atoms with Gasteiger partial charge in [-0.25, -0.2) is 0 Å². The molecule has 0 radical (unpaired) electrons. The first-order valence-electron chi connectivity index (χ1n) is 8.19. The third-order valence-electron chi connectivity index (χ3n) is 4.71. The highest BCUT2D eigenvalue weighted by molar-refractivity contribution is 6.09. The Balaban J connectivity index is 2.01. The minimum atomic E-state index is 0.120. The lowest BCUT2D eigenvalue weighted by Crippen LogP contribution is -1.98. The van der Waals surface area contributed by atoms with Crippen LogP contribution < -0.4 is 0 Å². The zero-order valence-corrected chi connectivity index (χ0v) is 13.5. The number of carbonyl (C=O) groups excluding carboxylic acids is 1. The Morgan fingerprint density at radius 2 is 1.54 bits per heavy atom. The molecular formula is C22H18O2. The number of benzene rings is 3. The first kappa shape index (κ1) is 14.7. The molecule has 118 valence electrons. The lowest BCUT2D eigenvalue weighted by molar-refractivity contribution is 0.0995. The van der Waals surface area contributed by atoms with Gasteiger partial charge >= 0.3 is 0 Å². The third-order valence-corrected chi connectivity index (χ3v) is 4.71. The molecule has 2 heteroatoms. The molecule has 0 aliphatic heterocycles. The van der Waals surface area contributed by atoms with Gasteiger partial charge in [0, 0.05) is 23.1 Å². The van der Waals surface area contributed by atoms with E-state index in [2.05, 4.69) is 0 Å². The van der Waals surface area contributed by atoms with Crippen molar-refractivity contribution in [2.75, 3.05) is 0 Å². The zero-order valence-electron chi connectivity index (χ0n) is 13.5. The summed E-state index contributed by atoms with van der Waals surface area (Å²) >= 11 is 0. The molecular weight excluding hydrogens is 296 g/mol. The average Bonchev–Trinajstić information content (AvgIpc) is 2.97. The molecule has 1 N–H and O–H groups in total. The van der Waals surface area contributed by atoms with Crippen LogP contribution in [0.25, 0.3) is 22.3 Å². The summed E-state index contributed by atoms with van der Waals surface area (Å²) in [6, 6.07) is 19.8. The molecule has 0 unspecified atom stereocenters. The summed E-state index contributed by atoms with van der Waals surface area (Å²) in [5.41, 5.74) is 6.22. The van der Waals surface area contributed by atoms with Crippen LogP contribution in [0.5, 0.6) is 5.75 Å². The molecule has 0 spiro atoms. The van der Waals surface area contributed by atoms with E-state index in [1.165, 1.54) is 5.56 Å². The monoisotopic (exact) mass is 314 g/mol. The number of carbonyl (C=O) groups is 1. The second-order valence-electron chi connectivity index (χ2n) is 6.34. The summed E-state index contributed by atoms with van der Waals surface area (Å²) in [6.45, 7) is 2.04. The normalized spacial score (nSPS) is 13.1. The van der Waals surface area contributed by atoms with Crippen molar-refractivity contribution < 1.29 is 9.90 Å². The van der Waals surface area contributed by atoms with Crippen LogP contribution in [0.1, 0.15) is 27.9 Å². The molecule has 24 heavy (non-hydrogen) atoms. The summed E-state index contributed by atoms with van der Waals surface area (Å²) in [4.78, 5) is 12.4. The molecule has 0 fully saturated rings. The fraction of sp³-hybridized carbons (Fsp3) is 0.136. The standard InChI is InChI=1S/C22H18O2/c1-14-7-9-15(10-8-14)18-13-17-11-12-19(23)20(17)21(22(18)24)16-5-3-2-4-6-16/h2-10,13,24H,11-12H2,1H3. The van der Waals surface area contributed by atoms with Gasteiger partial charge in [0.2, 0.25) is 0 Å². The molecule has 3 aromatic carbocycles. The van der Waals surface area contributed by atoms with Crippen LogP contribution in [0.3, 0.4) is 0 Å². The van der Waals surface area contributed by atoms with Crippen molar-refractivity contribution >= 4 is 5.78 Å². The fourth-order valence-electron chi connectivity index (χ4n) is 3.46. The Labute approximate surface area is 141 Å². The number of hydrogen-bond acceptors (Lipinski definition) is 2. The Hall–Kier alpha value is -2.87. The summed E-state index contributed by atoms with van der Waals surface area (Å²) in [7, 11) is 0. The molecule has 0 aromatic heterocycles. The van der Waals surface area contributed by atoms with Crippen LogP contribution in [0.4, 0.5) is 0 Å². The van der Waals surface area contributed by atoms with Crippen LogP contribution in [-0.4, -0.2) is 10.9 Å². The van der Waals surface area contributed by atoms with Gasteiger partial charge in [0.25, 0.3) is 0 Å². The molecule has 0 heterocycles. The molecule has 0 bridgehead atoms. The van der Waals surface area contributed by atoms with Crippen LogP contribution >= 0.6 is 0 Å². The van der Waals surface area contributed by atoms with Crippen LogP contribution in [0, 0.1) is 6.92 Å². The highest BCUT2D eigenvalue weighted by Gasteiger charge is 2.28. The van der Waals surface area contributed by atoms with E-state index in [9.17, 15) is 9.90 Å². The predicted molar refractivity (Wildman–Crippen MR) is 96.4 cm³/mol. The largest absolute Gasteiger partial charge is 0.507 e. The number of aromatic hydroxyl groups is 1. The lowest BCUT2D eigenvalue weighted by Gasteiger charge is -2.15. The van der Waals surface area contributed by atoms with Gasteiger partial charge in [-0.3, -0.25) is 4.79 Å². The van der Waals surface area contributed by atoms with Gasteiger partial charge in [-0.2, -0.15) is 0 Å². The van der Waals surface area contributed by atoms with E-state index in [1.807, 2.05) is 67.6 Å². The van der Waals surface area contributed by atoms with Gasteiger partial charge in [0.05, 0.1) is 0 Å². The van der Waals surface area contributed by atoms with Gasteiger partial charge in [-0.15, -0.1) is 0 Å². The summed E-state index contributed by atoms with van der Waals surface area (Å²) in [5.74, 6) is 0.314. The Kier molecular flexibility index (Phi) is 3.46. The Morgan fingerprint density at radius 1 is 0.833 bits per heavy atom. The maximum atomic E-state index is 12.4. The van der Waals surface area contributed by atoms with Crippen molar-refractivity contribution in [3.63, 3.8) is 0 Å².